The SMILES string of the molecule is CC(C)OC(=O)CCNC(=O)N[C@H]1CCN(c2ccc(C(=N)NO)cc2)C1=O.Cl. The molecule has 0 aromatic heterocycles. The van der Waals surface area contributed by atoms with E-state index in [1.54, 1.807) is 48.5 Å². The van der Waals surface area contributed by atoms with E-state index >= 15 is 0 Å². The monoisotopic (exact) mass is 427 g/mol. The van der Waals surface area contributed by atoms with Gasteiger partial charge in [-0.05, 0) is 44.5 Å². The summed E-state index contributed by atoms with van der Waals surface area (Å²) in [5, 5.41) is 21.4. The molecule has 1 fully saturated rings. The molecule has 1 aliphatic heterocycles. The smallest absolute Gasteiger partial charge is 0.315 e. The predicted molar refractivity (Wildman–Crippen MR) is 109 cm³/mol. The Morgan fingerprint density at radius 1 is 1.31 bits per heavy atom. The summed E-state index contributed by atoms with van der Waals surface area (Å²) in [6, 6.07) is 5.38. The summed E-state index contributed by atoms with van der Waals surface area (Å²) < 4.78 is 4.97. The van der Waals surface area contributed by atoms with Crippen LogP contribution < -0.4 is 21.0 Å². The molecule has 0 radical (unpaired) electrons. The Labute approximate surface area is 174 Å². The maximum Gasteiger partial charge on any atom is 0.315 e. The number of nitrogens with zero attached hydrogens (tertiary/aromatic N) is 1. The number of amidine groups is 1. The number of nitrogens with one attached hydrogen (secondary N) is 4. The highest BCUT2D eigenvalue weighted by Crippen LogP contribution is 2.22. The fourth-order valence-corrected chi connectivity index (χ4v) is 2.75. The predicted octanol–water partition coefficient (Wildman–Crippen LogP) is 1.16. The fourth-order valence-electron chi connectivity index (χ4n) is 2.75. The number of amides is 3. The highest BCUT2D eigenvalue weighted by Gasteiger charge is 2.33. The Morgan fingerprint density at radius 2 is 1.97 bits per heavy atom. The molecule has 10 nitrogen and oxygen atoms in total. The molecular formula is C18H26ClN5O5. The molecule has 11 heteroatoms. The maximum absolute atomic E-state index is 12.5. The molecular weight excluding hydrogens is 402 g/mol. The number of halogens is 1. The Balaban J connectivity index is 0.00000420. The molecule has 1 saturated heterocycles. The number of benzene rings is 1. The lowest BCUT2D eigenvalue weighted by Gasteiger charge is -2.18. The van der Waals surface area contributed by atoms with E-state index in [4.69, 9.17) is 15.4 Å². The fraction of sp³-hybridized carbons (Fsp3) is 0.444. The van der Waals surface area contributed by atoms with E-state index in [2.05, 4.69) is 10.6 Å². The second kappa shape index (κ2) is 11.2. The van der Waals surface area contributed by atoms with Crippen LogP contribution in [0.2, 0.25) is 0 Å². The normalized spacial score (nSPS) is 15.5. The first kappa shape index (κ1) is 24.2. The number of carbonyl (C=O) groups excluding carboxylic acids is 3. The lowest BCUT2D eigenvalue weighted by atomic mass is 10.2. The second-order valence-corrected chi connectivity index (χ2v) is 6.55. The largest absolute Gasteiger partial charge is 0.463 e. The molecule has 0 spiro atoms. The number of hydroxylamine groups is 1. The van der Waals surface area contributed by atoms with Crippen molar-refractivity contribution < 1.29 is 24.3 Å². The van der Waals surface area contributed by atoms with Crippen LogP contribution in [0.4, 0.5) is 10.5 Å². The van der Waals surface area contributed by atoms with Crippen molar-refractivity contribution in [3.05, 3.63) is 29.8 Å². The first-order valence-corrected chi connectivity index (χ1v) is 8.96. The van der Waals surface area contributed by atoms with Crippen LogP contribution in [0, 0.1) is 5.41 Å². The van der Waals surface area contributed by atoms with E-state index in [1.165, 1.54) is 0 Å². The van der Waals surface area contributed by atoms with E-state index in [0.29, 0.717) is 24.2 Å². The topological polar surface area (TPSA) is 144 Å². The third kappa shape index (κ3) is 6.91. The number of urea groups is 1. The van der Waals surface area contributed by atoms with Gasteiger partial charge in [-0.3, -0.25) is 25.7 Å². The van der Waals surface area contributed by atoms with Crippen molar-refractivity contribution in [1.29, 1.82) is 5.41 Å². The Hall–Kier alpha value is -2.85. The summed E-state index contributed by atoms with van der Waals surface area (Å²) in [7, 11) is 0. The third-order valence-electron chi connectivity index (χ3n) is 4.07. The first-order chi connectivity index (χ1) is 13.3. The summed E-state index contributed by atoms with van der Waals surface area (Å²) in [5.41, 5.74) is 2.87. The lowest BCUT2D eigenvalue weighted by Crippen LogP contribution is -2.46. The highest BCUT2D eigenvalue weighted by molar-refractivity contribution is 6.02. The van der Waals surface area contributed by atoms with Gasteiger partial charge in [-0.15, -0.1) is 12.4 Å². The van der Waals surface area contributed by atoms with Crippen LogP contribution in [0.25, 0.3) is 0 Å². The van der Waals surface area contributed by atoms with Gasteiger partial charge in [0.2, 0.25) is 5.91 Å². The summed E-state index contributed by atoms with van der Waals surface area (Å²) in [5.74, 6) is -0.781. The zero-order valence-electron chi connectivity index (χ0n) is 16.2. The van der Waals surface area contributed by atoms with Crippen molar-refractivity contribution >= 4 is 41.8 Å². The van der Waals surface area contributed by atoms with Crippen LogP contribution in [-0.4, -0.2) is 54.2 Å². The van der Waals surface area contributed by atoms with Gasteiger partial charge in [-0.1, -0.05) is 0 Å². The van der Waals surface area contributed by atoms with Gasteiger partial charge in [0.25, 0.3) is 0 Å². The summed E-state index contributed by atoms with van der Waals surface area (Å²) in [4.78, 5) is 37.5. The molecule has 3 amide bonds. The number of anilines is 1. The number of carbonyl (C=O) groups is 3. The minimum absolute atomic E-state index is 0. The Bertz CT molecular complexity index is 741. The molecule has 1 aromatic carbocycles. The highest BCUT2D eigenvalue weighted by atomic mass is 35.5. The van der Waals surface area contributed by atoms with Gasteiger partial charge < -0.3 is 20.3 Å². The van der Waals surface area contributed by atoms with Crippen molar-refractivity contribution in [1.82, 2.24) is 16.1 Å². The molecule has 160 valence electrons. The zero-order valence-corrected chi connectivity index (χ0v) is 17.0. The van der Waals surface area contributed by atoms with Crippen LogP contribution in [0.15, 0.2) is 24.3 Å². The van der Waals surface area contributed by atoms with E-state index in [1.807, 2.05) is 0 Å². The van der Waals surface area contributed by atoms with Crippen LogP contribution in [0.1, 0.15) is 32.3 Å². The molecule has 0 saturated carbocycles. The van der Waals surface area contributed by atoms with Gasteiger partial charge in [0, 0.05) is 24.3 Å². The molecule has 5 N–H and O–H groups in total. The average Bonchev–Trinajstić information content (AvgIpc) is 3.01. The van der Waals surface area contributed by atoms with Crippen molar-refractivity contribution in [3.8, 4) is 0 Å². The van der Waals surface area contributed by atoms with Crippen LogP contribution in [0.5, 0.6) is 0 Å². The van der Waals surface area contributed by atoms with Gasteiger partial charge >= 0.3 is 12.0 Å². The number of ether oxygens (including phenoxy) is 1. The van der Waals surface area contributed by atoms with E-state index in [-0.39, 0.29) is 43.2 Å². The van der Waals surface area contributed by atoms with Gasteiger partial charge in [0.05, 0.1) is 12.5 Å². The van der Waals surface area contributed by atoms with Gasteiger partial charge in [0.15, 0.2) is 0 Å². The van der Waals surface area contributed by atoms with Crippen LogP contribution >= 0.6 is 12.4 Å². The maximum atomic E-state index is 12.5. The minimum Gasteiger partial charge on any atom is -0.463 e. The van der Waals surface area contributed by atoms with Gasteiger partial charge in [0.1, 0.15) is 11.9 Å². The Kier molecular flexibility index (Phi) is 9.36. The molecule has 1 aliphatic rings. The molecule has 29 heavy (non-hydrogen) atoms. The van der Waals surface area contributed by atoms with Crippen molar-refractivity contribution in [2.24, 2.45) is 0 Å². The molecule has 1 atom stereocenters. The number of hydrogen-bond donors (Lipinski definition) is 5. The minimum atomic E-state index is -0.653. The van der Waals surface area contributed by atoms with Crippen molar-refractivity contribution in [2.75, 3.05) is 18.0 Å². The first-order valence-electron chi connectivity index (χ1n) is 8.96. The quantitative estimate of drug-likeness (QED) is 0.191. The van der Waals surface area contributed by atoms with Crippen LogP contribution in [0.3, 0.4) is 0 Å². The van der Waals surface area contributed by atoms with E-state index < -0.39 is 18.0 Å². The Morgan fingerprint density at radius 3 is 2.55 bits per heavy atom. The van der Waals surface area contributed by atoms with Gasteiger partial charge in [-0.2, -0.15) is 0 Å². The molecule has 0 aliphatic carbocycles. The van der Waals surface area contributed by atoms with E-state index in [9.17, 15) is 14.4 Å². The van der Waals surface area contributed by atoms with Crippen LogP contribution in [-0.2, 0) is 14.3 Å². The van der Waals surface area contributed by atoms with Gasteiger partial charge in [-0.25, -0.2) is 4.79 Å². The summed E-state index contributed by atoms with van der Waals surface area (Å²) in [6.45, 7) is 4.06. The molecule has 2 rings (SSSR count). The average molecular weight is 428 g/mol. The summed E-state index contributed by atoms with van der Waals surface area (Å²) >= 11 is 0. The van der Waals surface area contributed by atoms with E-state index in [0.717, 1.165) is 0 Å². The number of esters is 1. The van der Waals surface area contributed by atoms with Crippen molar-refractivity contribution in [3.63, 3.8) is 0 Å². The number of rotatable bonds is 7. The number of hydrogen-bond acceptors (Lipinski definition) is 6. The standard InChI is InChI=1S/C18H25N5O5.ClH/c1-11(2)28-15(24)7-9-20-18(26)21-14-8-10-23(17(14)25)13-5-3-12(4-6-13)16(19)22-27;/h3-6,11,14,27H,7-10H2,1-2H3,(H2,19,22)(H2,20,21,26);1H/t14-;/m0./s1. The molecule has 0 unspecified atom stereocenters. The zero-order chi connectivity index (χ0) is 20.7. The van der Waals surface area contributed by atoms with Crippen molar-refractivity contribution in [2.45, 2.75) is 38.8 Å². The summed E-state index contributed by atoms with van der Waals surface area (Å²) in [6.07, 6.45) is 0.306. The molecule has 1 aromatic rings. The molecule has 1 heterocycles. The second-order valence-electron chi connectivity index (χ2n) is 6.55. The molecule has 0 bridgehead atoms. The third-order valence-corrected chi connectivity index (χ3v) is 4.07. The lowest BCUT2D eigenvalue weighted by molar-refractivity contribution is -0.147.